The first-order chi connectivity index (χ1) is 21.6. The molecule has 12 nitrogen and oxygen atoms in total. The zero-order valence-corrected chi connectivity index (χ0v) is 27.3. The Hall–Kier alpha value is -4.52. The number of nitrogens with two attached hydrogens (primary N) is 1. The number of thioether (sulfide) groups is 1. The summed E-state index contributed by atoms with van der Waals surface area (Å²) in [5.74, 6) is 1.14. The fourth-order valence-corrected chi connectivity index (χ4v) is 4.76. The number of ether oxygens (including phenoxy) is 1. The number of nitrogens with one attached hydrogen (secondary N) is 4. The molecule has 0 aliphatic carbocycles. The number of aldehydes is 1. The number of rotatable bonds is 14. The highest BCUT2D eigenvalue weighted by Gasteiger charge is 2.30. The summed E-state index contributed by atoms with van der Waals surface area (Å²) < 4.78 is 6.54. The summed E-state index contributed by atoms with van der Waals surface area (Å²) in [7, 11) is 1.67. The van der Waals surface area contributed by atoms with E-state index in [-0.39, 0.29) is 27.3 Å². The SMILES string of the molecule is C=C(O/C=C\CCC)C(=N)SC(=N)C=O.CCCC/C(=C\c1cnc(N)cc1C)CNC(=O)C1CCc2ncc(NC)c(=O)n21. The standard InChI is InChI=1S/C22H30N6O2.C10H14N2O2S/c1-4-5-6-15(10-16-12-25-19(23)9-14(16)2)11-27-21(29)18-7-8-20-26-13-17(24-3)22(30)28(18)20;1-3-4-5-6-14-8(2)10(12)15-9(11)7-13/h9-10,12-13,18,24H,4-8,11H2,1-3H3,(H2,23,25)(H,27,29);5-7,11-12H,2-4H2,1H3/b15-10+;6-5-,11-9?,12-10?. The Labute approximate surface area is 268 Å². The van der Waals surface area contributed by atoms with Crippen LogP contribution in [0.15, 0.2) is 53.5 Å². The van der Waals surface area contributed by atoms with Crippen molar-refractivity contribution in [1.29, 1.82) is 10.8 Å². The van der Waals surface area contributed by atoms with Crippen LogP contribution in [0, 0.1) is 17.7 Å². The highest BCUT2D eigenvalue weighted by molar-refractivity contribution is 8.28. The molecular formula is C32H44N8O4S. The predicted octanol–water partition coefficient (Wildman–Crippen LogP) is 5.17. The maximum atomic E-state index is 12.9. The molecule has 3 heterocycles. The van der Waals surface area contributed by atoms with Crippen LogP contribution in [0.5, 0.6) is 0 Å². The van der Waals surface area contributed by atoms with Gasteiger partial charge in [-0.25, -0.2) is 9.97 Å². The van der Waals surface area contributed by atoms with Gasteiger partial charge in [0.1, 0.15) is 33.5 Å². The van der Waals surface area contributed by atoms with Crippen LogP contribution in [0.25, 0.3) is 6.08 Å². The van der Waals surface area contributed by atoms with Crippen molar-refractivity contribution in [2.45, 2.75) is 71.8 Å². The number of hydrogen-bond acceptors (Lipinski definition) is 11. The van der Waals surface area contributed by atoms with E-state index in [0.717, 1.165) is 48.8 Å². The summed E-state index contributed by atoms with van der Waals surface area (Å²) in [5, 5.41) is 20.1. The van der Waals surface area contributed by atoms with Gasteiger partial charge in [-0.05, 0) is 67.6 Å². The van der Waals surface area contributed by atoms with Crippen molar-refractivity contribution in [3.05, 3.63) is 76.0 Å². The summed E-state index contributed by atoms with van der Waals surface area (Å²) >= 11 is 0.712. The first kappa shape index (κ1) is 36.7. The fraction of sp³-hybridized carbons (Fsp3) is 0.406. The number of unbranched alkanes of at least 4 members (excludes halogenated alkanes) is 2. The van der Waals surface area contributed by atoms with Crippen LogP contribution in [0.2, 0.25) is 0 Å². The number of allylic oxidation sites excluding steroid dienone is 1. The van der Waals surface area contributed by atoms with E-state index in [1.165, 1.54) is 17.0 Å². The largest absolute Gasteiger partial charge is 0.463 e. The molecule has 1 atom stereocenters. The molecule has 0 spiro atoms. The molecule has 0 radical (unpaired) electrons. The van der Waals surface area contributed by atoms with Crippen molar-refractivity contribution in [2.75, 3.05) is 24.6 Å². The van der Waals surface area contributed by atoms with Crippen LogP contribution in [-0.2, 0) is 20.7 Å². The Morgan fingerprint density at radius 1 is 1.27 bits per heavy atom. The second-order valence-corrected chi connectivity index (χ2v) is 11.3. The Balaban J connectivity index is 0.000000399. The lowest BCUT2D eigenvalue weighted by Crippen LogP contribution is -2.37. The van der Waals surface area contributed by atoms with E-state index in [1.807, 2.05) is 26.0 Å². The van der Waals surface area contributed by atoms with Crippen molar-refractivity contribution in [2.24, 2.45) is 0 Å². The predicted molar refractivity (Wildman–Crippen MR) is 183 cm³/mol. The fourth-order valence-electron chi connectivity index (χ4n) is 4.33. The average molecular weight is 637 g/mol. The van der Waals surface area contributed by atoms with Crippen molar-refractivity contribution in [3.8, 4) is 0 Å². The number of nitrogens with zero attached hydrogens (tertiary/aromatic N) is 3. The van der Waals surface area contributed by atoms with Crippen LogP contribution >= 0.6 is 11.8 Å². The van der Waals surface area contributed by atoms with E-state index in [4.69, 9.17) is 21.3 Å². The molecule has 242 valence electrons. The molecule has 6 N–H and O–H groups in total. The summed E-state index contributed by atoms with van der Waals surface area (Å²) in [6.45, 7) is 10.1. The van der Waals surface area contributed by atoms with Gasteiger partial charge in [0.2, 0.25) is 5.91 Å². The van der Waals surface area contributed by atoms with E-state index >= 15 is 0 Å². The second kappa shape index (κ2) is 19.0. The van der Waals surface area contributed by atoms with Gasteiger partial charge < -0.3 is 21.1 Å². The molecule has 1 aliphatic heterocycles. The molecule has 0 aromatic carbocycles. The number of carbonyl (C=O) groups is 2. The van der Waals surface area contributed by atoms with Crippen LogP contribution in [0.1, 0.15) is 75.4 Å². The van der Waals surface area contributed by atoms with Gasteiger partial charge in [-0.1, -0.05) is 44.9 Å². The van der Waals surface area contributed by atoms with Gasteiger partial charge in [0.15, 0.2) is 12.0 Å². The van der Waals surface area contributed by atoms with Gasteiger partial charge in [0.05, 0.1) is 12.5 Å². The summed E-state index contributed by atoms with van der Waals surface area (Å²) in [4.78, 5) is 44.2. The molecule has 45 heavy (non-hydrogen) atoms. The number of nitrogen functional groups attached to an aromatic ring is 1. The van der Waals surface area contributed by atoms with Crippen molar-refractivity contribution >= 4 is 51.6 Å². The first-order valence-electron chi connectivity index (χ1n) is 14.8. The third-order valence-corrected chi connectivity index (χ3v) is 7.55. The molecule has 1 aliphatic rings. The summed E-state index contributed by atoms with van der Waals surface area (Å²) in [6, 6.07) is 1.32. The van der Waals surface area contributed by atoms with E-state index in [9.17, 15) is 14.4 Å². The maximum absolute atomic E-state index is 12.9. The van der Waals surface area contributed by atoms with E-state index in [2.05, 4.69) is 40.2 Å². The first-order valence-corrected chi connectivity index (χ1v) is 15.7. The average Bonchev–Trinajstić information content (AvgIpc) is 3.47. The third kappa shape index (κ3) is 11.5. The van der Waals surface area contributed by atoms with Gasteiger partial charge in [-0.2, -0.15) is 0 Å². The highest BCUT2D eigenvalue weighted by atomic mass is 32.2. The van der Waals surface area contributed by atoms with Gasteiger partial charge in [0.25, 0.3) is 5.56 Å². The molecule has 1 amide bonds. The monoisotopic (exact) mass is 636 g/mol. The lowest BCUT2D eigenvalue weighted by atomic mass is 10.0. The smallest absolute Gasteiger partial charge is 0.277 e. The number of pyridine rings is 1. The van der Waals surface area contributed by atoms with Gasteiger partial charge in [-0.15, -0.1) is 0 Å². The lowest BCUT2D eigenvalue weighted by Gasteiger charge is -2.16. The maximum Gasteiger partial charge on any atom is 0.277 e. The van der Waals surface area contributed by atoms with Crippen molar-refractivity contribution < 1.29 is 14.3 Å². The molecule has 0 fully saturated rings. The molecule has 0 bridgehead atoms. The lowest BCUT2D eigenvalue weighted by molar-refractivity contribution is -0.124. The normalized spacial score (nSPS) is 13.8. The highest BCUT2D eigenvalue weighted by Crippen LogP contribution is 2.24. The number of anilines is 2. The van der Waals surface area contributed by atoms with Gasteiger partial charge in [-0.3, -0.25) is 29.8 Å². The van der Waals surface area contributed by atoms with E-state index in [1.54, 1.807) is 13.2 Å². The number of aromatic nitrogens is 3. The molecule has 0 saturated heterocycles. The molecule has 1 unspecified atom stereocenters. The number of fused-ring (bicyclic) bond motifs is 1. The molecular weight excluding hydrogens is 592 g/mol. The van der Waals surface area contributed by atoms with Crippen molar-refractivity contribution in [1.82, 2.24) is 19.9 Å². The zero-order chi connectivity index (χ0) is 33.4. The van der Waals surface area contributed by atoms with Crippen molar-refractivity contribution in [3.63, 3.8) is 0 Å². The third-order valence-electron chi connectivity index (χ3n) is 6.80. The summed E-state index contributed by atoms with van der Waals surface area (Å²) in [5.41, 5.74) is 9.11. The minimum atomic E-state index is -0.527. The van der Waals surface area contributed by atoms with Crippen LogP contribution < -0.4 is 21.9 Å². The minimum Gasteiger partial charge on any atom is -0.463 e. The topological polar surface area (TPSA) is 189 Å². The molecule has 3 rings (SSSR count). The van der Waals surface area contributed by atoms with Crippen LogP contribution in [-0.4, -0.2) is 50.4 Å². The Bertz CT molecular complexity index is 1500. The number of amides is 1. The number of aryl methyl sites for hydroxylation is 2. The Morgan fingerprint density at radius 3 is 2.67 bits per heavy atom. The van der Waals surface area contributed by atoms with Crippen LogP contribution in [0.3, 0.4) is 0 Å². The Morgan fingerprint density at radius 2 is 2.02 bits per heavy atom. The summed E-state index contributed by atoms with van der Waals surface area (Å²) in [6.07, 6.45) is 15.1. The quantitative estimate of drug-likeness (QED) is 0.0807. The van der Waals surface area contributed by atoms with Gasteiger partial charge >= 0.3 is 0 Å². The number of carbonyl (C=O) groups excluding carboxylic acids is 2. The molecule has 13 heteroatoms. The van der Waals surface area contributed by atoms with Crippen LogP contribution in [0.4, 0.5) is 11.5 Å². The van der Waals surface area contributed by atoms with Gasteiger partial charge in [0, 0.05) is 26.2 Å². The zero-order valence-electron chi connectivity index (χ0n) is 26.4. The molecule has 2 aromatic heterocycles. The number of hydrogen-bond donors (Lipinski definition) is 5. The molecule has 2 aromatic rings. The minimum absolute atomic E-state index is 0.0340. The molecule has 0 saturated carbocycles. The van der Waals surface area contributed by atoms with E-state index < -0.39 is 6.04 Å². The Kier molecular flexibility index (Phi) is 15.5. The second-order valence-electron chi connectivity index (χ2n) is 10.3. The van der Waals surface area contributed by atoms with E-state index in [0.29, 0.717) is 54.8 Å².